The number of anilines is 1. The number of hydrogen-bond acceptors (Lipinski definition) is 3. The van der Waals surface area contributed by atoms with Gasteiger partial charge in [0.2, 0.25) is 0 Å². The fourth-order valence-electron chi connectivity index (χ4n) is 1.52. The lowest BCUT2D eigenvalue weighted by atomic mass is 10.2. The number of para-hydroxylation sites is 1. The third kappa shape index (κ3) is 2.67. The molecule has 3 heteroatoms. The largest absolute Gasteiger partial charge is 0.508 e. The summed E-state index contributed by atoms with van der Waals surface area (Å²) >= 11 is 0. The SMILES string of the molecule is Oc1cc(O)cc(CNc2ccccc2)c1. The zero-order chi connectivity index (χ0) is 11.4. The number of hydrogen-bond donors (Lipinski definition) is 3. The molecule has 0 spiro atoms. The predicted molar refractivity (Wildman–Crippen MR) is 63.5 cm³/mol. The molecule has 3 N–H and O–H groups in total. The Morgan fingerprint density at radius 3 is 2.12 bits per heavy atom. The first-order valence-electron chi connectivity index (χ1n) is 5.05. The van der Waals surface area contributed by atoms with Crippen LogP contribution in [0.3, 0.4) is 0 Å². The molecular formula is C13H13NO2. The second-order valence-electron chi connectivity index (χ2n) is 3.58. The van der Waals surface area contributed by atoms with Gasteiger partial charge in [-0.2, -0.15) is 0 Å². The van der Waals surface area contributed by atoms with Crippen LogP contribution in [0.25, 0.3) is 0 Å². The summed E-state index contributed by atoms with van der Waals surface area (Å²) in [7, 11) is 0. The van der Waals surface area contributed by atoms with E-state index in [4.69, 9.17) is 0 Å². The summed E-state index contributed by atoms with van der Waals surface area (Å²) in [5.41, 5.74) is 1.84. The average Bonchev–Trinajstić information content (AvgIpc) is 2.27. The molecule has 0 bridgehead atoms. The van der Waals surface area contributed by atoms with Gasteiger partial charge in [0.15, 0.2) is 0 Å². The van der Waals surface area contributed by atoms with Gasteiger partial charge >= 0.3 is 0 Å². The summed E-state index contributed by atoms with van der Waals surface area (Å²) in [5.74, 6) is 0.148. The lowest BCUT2D eigenvalue weighted by molar-refractivity contribution is 0.449. The molecule has 0 saturated carbocycles. The first kappa shape index (κ1) is 10.4. The zero-order valence-electron chi connectivity index (χ0n) is 8.72. The number of phenols is 2. The molecule has 0 fully saturated rings. The monoisotopic (exact) mass is 215 g/mol. The Morgan fingerprint density at radius 2 is 1.50 bits per heavy atom. The highest BCUT2D eigenvalue weighted by Crippen LogP contribution is 2.21. The summed E-state index contributed by atoms with van der Waals surface area (Å²) in [6, 6.07) is 14.3. The number of benzene rings is 2. The molecule has 0 unspecified atom stereocenters. The van der Waals surface area contributed by atoms with Gasteiger partial charge < -0.3 is 15.5 Å². The van der Waals surface area contributed by atoms with Gasteiger partial charge in [-0.3, -0.25) is 0 Å². The molecule has 0 amide bonds. The molecular weight excluding hydrogens is 202 g/mol. The maximum Gasteiger partial charge on any atom is 0.119 e. The minimum absolute atomic E-state index is 0.0739. The van der Waals surface area contributed by atoms with E-state index in [9.17, 15) is 10.2 Å². The Labute approximate surface area is 94.0 Å². The Kier molecular flexibility index (Phi) is 2.96. The van der Waals surface area contributed by atoms with E-state index in [1.807, 2.05) is 30.3 Å². The first-order valence-corrected chi connectivity index (χ1v) is 5.05. The highest BCUT2D eigenvalue weighted by atomic mass is 16.3. The summed E-state index contributed by atoms with van der Waals surface area (Å²) in [4.78, 5) is 0. The molecule has 0 aromatic heterocycles. The molecule has 82 valence electrons. The van der Waals surface area contributed by atoms with E-state index in [0.717, 1.165) is 11.3 Å². The second kappa shape index (κ2) is 4.57. The fourth-order valence-corrected chi connectivity index (χ4v) is 1.52. The van der Waals surface area contributed by atoms with Crippen molar-refractivity contribution < 1.29 is 10.2 Å². The van der Waals surface area contributed by atoms with Gasteiger partial charge in [0.25, 0.3) is 0 Å². The van der Waals surface area contributed by atoms with Gasteiger partial charge in [-0.05, 0) is 29.8 Å². The van der Waals surface area contributed by atoms with Crippen molar-refractivity contribution in [1.82, 2.24) is 0 Å². The van der Waals surface area contributed by atoms with Crippen LogP contribution in [0.2, 0.25) is 0 Å². The van der Waals surface area contributed by atoms with E-state index in [-0.39, 0.29) is 11.5 Å². The van der Waals surface area contributed by atoms with Crippen LogP contribution in [0.5, 0.6) is 11.5 Å². The minimum Gasteiger partial charge on any atom is -0.508 e. The van der Waals surface area contributed by atoms with E-state index in [2.05, 4.69) is 5.32 Å². The van der Waals surface area contributed by atoms with Crippen molar-refractivity contribution in [3.8, 4) is 11.5 Å². The zero-order valence-corrected chi connectivity index (χ0v) is 8.72. The number of nitrogens with one attached hydrogen (secondary N) is 1. The number of phenolic OH excluding ortho intramolecular Hbond substituents is 2. The van der Waals surface area contributed by atoms with Gasteiger partial charge in [-0.25, -0.2) is 0 Å². The van der Waals surface area contributed by atoms with E-state index < -0.39 is 0 Å². The lowest BCUT2D eigenvalue weighted by Gasteiger charge is -2.07. The first-order chi connectivity index (χ1) is 7.74. The molecule has 2 aromatic carbocycles. The van der Waals surface area contributed by atoms with Gasteiger partial charge in [-0.1, -0.05) is 18.2 Å². The number of aromatic hydroxyl groups is 2. The molecule has 0 heterocycles. The third-order valence-electron chi connectivity index (χ3n) is 2.23. The quantitative estimate of drug-likeness (QED) is 0.737. The standard InChI is InChI=1S/C13H13NO2/c15-12-6-10(7-13(16)8-12)9-14-11-4-2-1-3-5-11/h1-8,14-16H,9H2. The van der Waals surface area contributed by atoms with Gasteiger partial charge in [0.1, 0.15) is 11.5 Å². The Balaban J connectivity index is 2.05. The van der Waals surface area contributed by atoms with Crippen LogP contribution in [-0.4, -0.2) is 10.2 Å². The van der Waals surface area contributed by atoms with Crippen molar-refractivity contribution in [1.29, 1.82) is 0 Å². The number of rotatable bonds is 3. The van der Waals surface area contributed by atoms with Gasteiger partial charge in [0.05, 0.1) is 0 Å². The molecule has 0 aliphatic carbocycles. The third-order valence-corrected chi connectivity index (χ3v) is 2.23. The molecule has 0 aliphatic heterocycles. The molecule has 0 atom stereocenters. The lowest BCUT2D eigenvalue weighted by Crippen LogP contribution is -1.98. The maximum atomic E-state index is 9.30. The molecule has 2 rings (SSSR count). The smallest absolute Gasteiger partial charge is 0.119 e. The van der Waals surface area contributed by atoms with Crippen LogP contribution in [0.15, 0.2) is 48.5 Å². The molecule has 2 aromatic rings. The van der Waals surface area contributed by atoms with Crippen molar-refractivity contribution >= 4 is 5.69 Å². The van der Waals surface area contributed by atoms with Crippen molar-refractivity contribution in [2.24, 2.45) is 0 Å². The van der Waals surface area contributed by atoms with Crippen LogP contribution < -0.4 is 5.32 Å². The summed E-state index contributed by atoms with van der Waals surface area (Å²) in [5, 5.41) is 21.8. The Hall–Kier alpha value is -2.16. The molecule has 16 heavy (non-hydrogen) atoms. The van der Waals surface area contributed by atoms with E-state index >= 15 is 0 Å². The van der Waals surface area contributed by atoms with Gasteiger partial charge in [-0.15, -0.1) is 0 Å². The normalized spacial score (nSPS) is 10.0. The highest BCUT2D eigenvalue weighted by molar-refractivity contribution is 5.44. The Bertz CT molecular complexity index is 448. The van der Waals surface area contributed by atoms with E-state index in [1.165, 1.54) is 6.07 Å². The fraction of sp³-hybridized carbons (Fsp3) is 0.0769. The van der Waals surface area contributed by atoms with Crippen LogP contribution in [-0.2, 0) is 6.54 Å². The van der Waals surface area contributed by atoms with Crippen LogP contribution in [0.1, 0.15) is 5.56 Å². The maximum absolute atomic E-state index is 9.30. The van der Waals surface area contributed by atoms with Crippen LogP contribution in [0.4, 0.5) is 5.69 Å². The highest BCUT2D eigenvalue weighted by Gasteiger charge is 1.98. The topological polar surface area (TPSA) is 52.5 Å². The van der Waals surface area contributed by atoms with Crippen LogP contribution >= 0.6 is 0 Å². The molecule has 0 radical (unpaired) electrons. The molecule has 0 aliphatic rings. The van der Waals surface area contributed by atoms with E-state index in [1.54, 1.807) is 12.1 Å². The van der Waals surface area contributed by atoms with E-state index in [0.29, 0.717) is 6.54 Å². The summed E-state index contributed by atoms with van der Waals surface area (Å²) < 4.78 is 0. The van der Waals surface area contributed by atoms with Crippen molar-refractivity contribution in [2.75, 3.05) is 5.32 Å². The molecule has 3 nitrogen and oxygen atoms in total. The van der Waals surface area contributed by atoms with Crippen molar-refractivity contribution in [3.63, 3.8) is 0 Å². The summed E-state index contributed by atoms with van der Waals surface area (Å²) in [6.07, 6.45) is 0. The average molecular weight is 215 g/mol. The Morgan fingerprint density at radius 1 is 0.875 bits per heavy atom. The van der Waals surface area contributed by atoms with Crippen molar-refractivity contribution in [2.45, 2.75) is 6.54 Å². The second-order valence-corrected chi connectivity index (χ2v) is 3.58. The molecule has 0 saturated heterocycles. The predicted octanol–water partition coefficient (Wildman–Crippen LogP) is 2.71. The van der Waals surface area contributed by atoms with Crippen molar-refractivity contribution in [3.05, 3.63) is 54.1 Å². The minimum atomic E-state index is 0.0739. The van der Waals surface area contributed by atoms with Gasteiger partial charge in [0, 0.05) is 18.3 Å². The summed E-state index contributed by atoms with van der Waals surface area (Å²) in [6.45, 7) is 0.561. The van der Waals surface area contributed by atoms with Crippen LogP contribution in [0, 0.1) is 0 Å².